The first-order chi connectivity index (χ1) is 9.06. The summed E-state index contributed by atoms with van der Waals surface area (Å²) in [6, 6.07) is 12.4. The van der Waals surface area contributed by atoms with Crippen LogP contribution < -0.4 is 5.73 Å². The van der Waals surface area contributed by atoms with E-state index in [2.05, 4.69) is 35.8 Å². The van der Waals surface area contributed by atoms with Crippen LogP contribution in [0.25, 0.3) is 22.4 Å². The van der Waals surface area contributed by atoms with E-state index in [1.807, 2.05) is 26.1 Å². The van der Waals surface area contributed by atoms with Gasteiger partial charge in [-0.1, -0.05) is 6.07 Å². The Balaban J connectivity index is 2.24. The number of nitrogen functional groups attached to an aromatic ring is 1. The first-order valence-electron chi connectivity index (χ1n) is 6.36. The Kier molecular flexibility index (Phi) is 2.56. The van der Waals surface area contributed by atoms with Crippen LogP contribution in [0.5, 0.6) is 0 Å². The van der Waals surface area contributed by atoms with Crippen molar-refractivity contribution in [1.82, 2.24) is 9.55 Å². The molecule has 0 radical (unpaired) electrons. The Morgan fingerprint density at radius 1 is 1.05 bits per heavy atom. The van der Waals surface area contributed by atoms with Gasteiger partial charge in [-0.3, -0.25) is 0 Å². The van der Waals surface area contributed by atoms with Gasteiger partial charge in [-0.05, 0) is 55.3 Å². The minimum absolute atomic E-state index is 0.818. The van der Waals surface area contributed by atoms with Gasteiger partial charge < -0.3 is 10.3 Å². The third-order valence-electron chi connectivity index (χ3n) is 3.56. The van der Waals surface area contributed by atoms with Crippen molar-refractivity contribution in [2.45, 2.75) is 13.8 Å². The van der Waals surface area contributed by atoms with Gasteiger partial charge in [0.15, 0.2) is 0 Å². The summed E-state index contributed by atoms with van der Waals surface area (Å²) in [7, 11) is 2.05. The number of nitrogens with two attached hydrogens (primary N) is 1. The first-order valence-corrected chi connectivity index (χ1v) is 6.36. The fraction of sp³-hybridized carbons (Fsp3) is 0.188. The molecule has 3 nitrogen and oxygen atoms in total. The first kappa shape index (κ1) is 11.8. The van der Waals surface area contributed by atoms with Crippen LogP contribution in [0.1, 0.15) is 11.1 Å². The number of fused-ring (bicyclic) bond motifs is 1. The number of benzene rings is 2. The highest BCUT2D eigenvalue weighted by Crippen LogP contribution is 2.26. The van der Waals surface area contributed by atoms with Gasteiger partial charge >= 0.3 is 0 Å². The second kappa shape index (κ2) is 4.12. The van der Waals surface area contributed by atoms with E-state index in [-0.39, 0.29) is 0 Å². The second-order valence-electron chi connectivity index (χ2n) is 5.06. The quantitative estimate of drug-likeness (QED) is 0.673. The second-order valence-corrected chi connectivity index (χ2v) is 5.06. The van der Waals surface area contributed by atoms with Gasteiger partial charge in [0, 0.05) is 18.3 Å². The molecule has 0 saturated heterocycles. The summed E-state index contributed by atoms with van der Waals surface area (Å²) in [6.45, 7) is 4.10. The molecule has 0 aliphatic heterocycles. The van der Waals surface area contributed by atoms with Crippen LogP contribution in [0.2, 0.25) is 0 Å². The topological polar surface area (TPSA) is 43.8 Å². The van der Waals surface area contributed by atoms with Gasteiger partial charge in [-0.15, -0.1) is 0 Å². The SMILES string of the molecule is Cc1ccc2c(c1)nc(-c1ccc(N)c(C)c1)n2C. The van der Waals surface area contributed by atoms with Gasteiger partial charge in [0.25, 0.3) is 0 Å². The van der Waals surface area contributed by atoms with Crippen LogP contribution in [0.3, 0.4) is 0 Å². The molecule has 0 bridgehead atoms. The molecule has 0 saturated carbocycles. The summed E-state index contributed by atoms with van der Waals surface area (Å²) in [4.78, 5) is 4.74. The summed E-state index contributed by atoms with van der Waals surface area (Å²) < 4.78 is 2.12. The number of aryl methyl sites for hydroxylation is 3. The molecule has 2 N–H and O–H groups in total. The summed E-state index contributed by atoms with van der Waals surface area (Å²) in [5.74, 6) is 0.976. The van der Waals surface area contributed by atoms with Gasteiger partial charge in [-0.25, -0.2) is 4.98 Å². The third-order valence-corrected chi connectivity index (χ3v) is 3.56. The Morgan fingerprint density at radius 3 is 2.58 bits per heavy atom. The summed E-state index contributed by atoms with van der Waals surface area (Å²) in [5.41, 5.74) is 12.3. The number of rotatable bonds is 1. The number of anilines is 1. The van der Waals surface area contributed by atoms with Crippen molar-refractivity contribution in [3.8, 4) is 11.4 Å². The molecule has 0 fully saturated rings. The van der Waals surface area contributed by atoms with Crippen molar-refractivity contribution >= 4 is 16.7 Å². The predicted octanol–water partition coefficient (Wildman–Crippen LogP) is 3.44. The largest absolute Gasteiger partial charge is 0.399 e. The number of aromatic nitrogens is 2. The van der Waals surface area contributed by atoms with E-state index in [1.165, 1.54) is 5.56 Å². The van der Waals surface area contributed by atoms with Crippen molar-refractivity contribution in [1.29, 1.82) is 0 Å². The van der Waals surface area contributed by atoms with Crippen molar-refractivity contribution in [3.05, 3.63) is 47.5 Å². The minimum atomic E-state index is 0.818. The molecular weight excluding hydrogens is 234 g/mol. The Labute approximate surface area is 112 Å². The maximum Gasteiger partial charge on any atom is 0.140 e. The summed E-state index contributed by atoms with van der Waals surface area (Å²) in [5, 5.41) is 0. The molecule has 3 rings (SSSR count). The molecule has 0 amide bonds. The lowest BCUT2D eigenvalue weighted by Crippen LogP contribution is -1.94. The molecule has 96 valence electrons. The van der Waals surface area contributed by atoms with E-state index in [0.29, 0.717) is 0 Å². The molecule has 19 heavy (non-hydrogen) atoms. The van der Waals surface area contributed by atoms with Crippen LogP contribution in [-0.4, -0.2) is 9.55 Å². The van der Waals surface area contributed by atoms with Gasteiger partial charge in [-0.2, -0.15) is 0 Å². The molecule has 0 unspecified atom stereocenters. The average molecular weight is 251 g/mol. The van der Waals surface area contributed by atoms with Crippen LogP contribution in [0.4, 0.5) is 5.69 Å². The van der Waals surface area contributed by atoms with E-state index in [1.54, 1.807) is 0 Å². The van der Waals surface area contributed by atoms with Crippen LogP contribution >= 0.6 is 0 Å². The molecule has 0 aliphatic carbocycles. The normalized spacial score (nSPS) is 11.1. The summed E-state index contributed by atoms with van der Waals surface area (Å²) in [6.07, 6.45) is 0. The van der Waals surface area contributed by atoms with E-state index >= 15 is 0 Å². The maximum absolute atomic E-state index is 5.87. The van der Waals surface area contributed by atoms with E-state index in [9.17, 15) is 0 Å². The number of nitrogens with zero attached hydrogens (tertiary/aromatic N) is 2. The lowest BCUT2D eigenvalue weighted by Gasteiger charge is -2.05. The molecule has 1 heterocycles. The van der Waals surface area contributed by atoms with Crippen LogP contribution in [-0.2, 0) is 7.05 Å². The fourth-order valence-corrected chi connectivity index (χ4v) is 2.38. The smallest absolute Gasteiger partial charge is 0.140 e. The number of hydrogen-bond acceptors (Lipinski definition) is 2. The van der Waals surface area contributed by atoms with Gasteiger partial charge in [0.1, 0.15) is 5.82 Å². The number of hydrogen-bond donors (Lipinski definition) is 1. The van der Waals surface area contributed by atoms with E-state index < -0.39 is 0 Å². The fourth-order valence-electron chi connectivity index (χ4n) is 2.38. The molecule has 0 atom stereocenters. The molecule has 3 aromatic rings. The Hall–Kier alpha value is -2.29. The molecule has 0 aliphatic rings. The highest BCUT2D eigenvalue weighted by molar-refractivity contribution is 5.81. The molecule has 2 aromatic carbocycles. The Morgan fingerprint density at radius 2 is 1.84 bits per heavy atom. The molecular formula is C16H17N3. The zero-order valence-electron chi connectivity index (χ0n) is 11.4. The standard InChI is InChI=1S/C16H17N3/c1-10-4-7-15-14(8-10)18-16(19(15)3)12-5-6-13(17)11(2)9-12/h4-9H,17H2,1-3H3. The number of imidazole rings is 1. The van der Waals surface area contributed by atoms with Crippen molar-refractivity contribution < 1.29 is 0 Å². The zero-order valence-corrected chi connectivity index (χ0v) is 11.4. The zero-order chi connectivity index (χ0) is 13.6. The lowest BCUT2D eigenvalue weighted by atomic mass is 10.1. The average Bonchev–Trinajstić information content (AvgIpc) is 2.70. The monoisotopic (exact) mass is 251 g/mol. The highest BCUT2D eigenvalue weighted by Gasteiger charge is 2.10. The van der Waals surface area contributed by atoms with Crippen molar-refractivity contribution in [3.63, 3.8) is 0 Å². The highest BCUT2D eigenvalue weighted by atomic mass is 15.1. The predicted molar refractivity (Wildman–Crippen MR) is 80.0 cm³/mol. The summed E-state index contributed by atoms with van der Waals surface area (Å²) >= 11 is 0. The van der Waals surface area contributed by atoms with E-state index in [4.69, 9.17) is 10.7 Å². The van der Waals surface area contributed by atoms with E-state index in [0.717, 1.165) is 33.7 Å². The van der Waals surface area contributed by atoms with Crippen LogP contribution in [0.15, 0.2) is 36.4 Å². The molecule has 1 aromatic heterocycles. The van der Waals surface area contributed by atoms with Crippen molar-refractivity contribution in [2.75, 3.05) is 5.73 Å². The lowest BCUT2D eigenvalue weighted by molar-refractivity contribution is 0.959. The van der Waals surface area contributed by atoms with Crippen LogP contribution in [0, 0.1) is 13.8 Å². The van der Waals surface area contributed by atoms with Crippen molar-refractivity contribution in [2.24, 2.45) is 7.05 Å². The molecule has 3 heteroatoms. The molecule has 0 spiro atoms. The van der Waals surface area contributed by atoms with Gasteiger partial charge in [0.2, 0.25) is 0 Å². The maximum atomic E-state index is 5.87. The minimum Gasteiger partial charge on any atom is -0.399 e. The third kappa shape index (κ3) is 1.87. The Bertz CT molecular complexity index is 769. The van der Waals surface area contributed by atoms with Gasteiger partial charge in [0.05, 0.1) is 11.0 Å².